The van der Waals surface area contributed by atoms with E-state index in [0.717, 1.165) is 6.42 Å². The van der Waals surface area contributed by atoms with Crippen molar-refractivity contribution in [3.8, 4) is 11.1 Å². The van der Waals surface area contributed by atoms with Gasteiger partial charge in [-0.2, -0.15) is 0 Å². The third-order valence-electron chi connectivity index (χ3n) is 4.26. The van der Waals surface area contributed by atoms with Crippen LogP contribution in [-0.4, -0.2) is 11.1 Å². The van der Waals surface area contributed by atoms with Crippen LogP contribution < -0.4 is 0 Å². The van der Waals surface area contributed by atoms with Crippen molar-refractivity contribution >= 4 is 5.97 Å². The van der Waals surface area contributed by atoms with E-state index in [-0.39, 0.29) is 5.92 Å². The third-order valence-corrected chi connectivity index (χ3v) is 4.26. The van der Waals surface area contributed by atoms with Gasteiger partial charge in [0, 0.05) is 0 Å². The lowest BCUT2D eigenvalue weighted by atomic mass is 9.91. The number of benzene rings is 2. The summed E-state index contributed by atoms with van der Waals surface area (Å²) in [6.07, 6.45) is 2.23. The molecule has 1 unspecified atom stereocenters. The first kappa shape index (κ1) is 12.9. The largest absolute Gasteiger partial charge is 0.481 e. The summed E-state index contributed by atoms with van der Waals surface area (Å²) < 4.78 is 0. The minimum Gasteiger partial charge on any atom is -0.481 e. The molecule has 2 nitrogen and oxygen atoms in total. The Kier molecular flexibility index (Phi) is 3.31. The Bertz CT molecular complexity index is 658. The van der Waals surface area contributed by atoms with E-state index >= 15 is 0 Å². The molecule has 0 radical (unpaired) electrons. The number of hydrogen-bond acceptors (Lipinski definition) is 1. The lowest BCUT2D eigenvalue weighted by Gasteiger charge is -2.13. The van der Waals surface area contributed by atoms with Crippen LogP contribution in [-0.2, 0) is 17.6 Å². The summed E-state index contributed by atoms with van der Waals surface area (Å²) in [5.41, 5.74) is 6.42. The average Bonchev–Trinajstić information content (AvgIpc) is 2.84. The summed E-state index contributed by atoms with van der Waals surface area (Å²) in [5.74, 6) is -0.981. The number of rotatable bonds is 4. The number of carboxylic acids is 1. The van der Waals surface area contributed by atoms with Crippen LogP contribution in [0.1, 0.15) is 30.0 Å². The van der Waals surface area contributed by atoms with Gasteiger partial charge < -0.3 is 5.11 Å². The van der Waals surface area contributed by atoms with Crippen LogP contribution in [0.15, 0.2) is 42.5 Å². The van der Waals surface area contributed by atoms with Crippen LogP contribution in [0.25, 0.3) is 11.1 Å². The molecule has 0 bridgehead atoms. The van der Waals surface area contributed by atoms with Crippen molar-refractivity contribution in [2.24, 2.45) is 5.92 Å². The van der Waals surface area contributed by atoms with Crippen LogP contribution in [0.2, 0.25) is 0 Å². The maximum Gasteiger partial charge on any atom is 0.306 e. The van der Waals surface area contributed by atoms with Crippen LogP contribution in [0.3, 0.4) is 0 Å². The Morgan fingerprint density at radius 2 is 1.90 bits per heavy atom. The maximum atomic E-state index is 11.3. The van der Waals surface area contributed by atoms with Crippen LogP contribution in [0.5, 0.6) is 0 Å². The molecule has 0 spiro atoms. The molecule has 2 aromatic rings. The molecule has 0 aliphatic heterocycles. The number of aliphatic carboxylic acids is 1. The highest BCUT2D eigenvalue weighted by molar-refractivity contribution is 5.78. The van der Waals surface area contributed by atoms with Crippen LogP contribution >= 0.6 is 0 Å². The van der Waals surface area contributed by atoms with E-state index < -0.39 is 5.97 Å². The second-order valence-electron chi connectivity index (χ2n) is 5.42. The van der Waals surface area contributed by atoms with Crippen molar-refractivity contribution < 1.29 is 9.90 Å². The normalized spacial score (nSPS) is 13.7. The minimum atomic E-state index is -0.694. The summed E-state index contributed by atoms with van der Waals surface area (Å²) in [6.45, 7) is 1.94. The molecule has 0 saturated carbocycles. The van der Waals surface area contributed by atoms with Crippen LogP contribution in [0.4, 0.5) is 0 Å². The molecule has 1 N–H and O–H groups in total. The van der Waals surface area contributed by atoms with E-state index in [0.29, 0.717) is 12.8 Å². The molecule has 3 rings (SSSR count). The van der Waals surface area contributed by atoms with Crippen molar-refractivity contribution in [2.45, 2.75) is 26.2 Å². The molecule has 0 heterocycles. The van der Waals surface area contributed by atoms with Gasteiger partial charge in [-0.3, -0.25) is 4.79 Å². The zero-order valence-corrected chi connectivity index (χ0v) is 11.6. The molecule has 1 aliphatic carbocycles. The van der Waals surface area contributed by atoms with Crippen molar-refractivity contribution in [3.63, 3.8) is 0 Å². The second kappa shape index (κ2) is 5.12. The van der Waals surface area contributed by atoms with Crippen LogP contribution in [0, 0.1) is 5.92 Å². The van der Waals surface area contributed by atoms with E-state index in [9.17, 15) is 9.90 Å². The lowest BCUT2D eigenvalue weighted by molar-refractivity contribution is -0.141. The van der Waals surface area contributed by atoms with Gasteiger partial charge in [-0.05, 0) is 47.1 Å². The summed E-state index contributed by atoms with van der Waals surface area (Å²) in [5, 5.41) is 9.26. The Morgan fingerprint density at radius 1 is 1.15 bits per heavy atom. The van der Waals surface area contributed by atoms with E-state index in [2.05, 4.69) is 36.4 Å². The van der Waals surface area contributed by atoms with Gasteiger partial charge in [0.25, 0.3) is 0 Å². The van der Waals surface area contributed by atoms with E-state index in [1.807, 2.05) is 13.0 Å². The van der Waals surface area contributed by atoms with E-state index in [1.165, 1.54) is 27.8 Å². The molecule has 102 valence electrons. The summed E-state index contributed by atoms with van der Waals surface area (Å²) in [6, 6.07) is 14.7. The third kappa shape index (κ3) is 2.11. The zero-order valence-electron chi connectivity index (χ0n) is 11.6. The maximum absolute atomic E-state index is 11.3. The molecule has 2 heteroatoms. The Morgan fingerprint density at radius 3 is 2.65 bits per heavy atom. The summed E-state index contributed by atoms with van der Waals surface area (Å²) in [4.78, 5) is 11.3. The van der Waals surface area contributed by atoms with Gasteiger partial charge in [-0.25, -0.2) is 0 Å². The highest BCUT2D eigenvalue weighted by Gasteiger charge is 2.23. The first-order chi connectivity index (χ1) is 9.70. The molecular weight excluding hydrogens is 248 g/mol. The van der Waals surface area contributed by atoms with Gasteiger partial charge in [0.1, 0.15) is 0 Å². The fourth-order valence-corrected chi connectivity index (χ4v) is 3.09. The second-order valence-corrected chi connectivity index (χ2v) is 5.42. The Hall–Kier alpha value is -2.09. The summed E-state index contributed by atoms with van der Waals surface area (Å²) >= 11 is 0. The van der Waals surface area contributed by atoms with Gasteiger partial charge in [0.2, 0.25) is 0 Å². The highest BCUT2D eigenvalue weighted by Crippen LogP contribution is 2.38. The number of hydrogen-bond donors (Lipinski definition) is 1. The van der Waals surface area contributed by atoms with Gasteiger partial charge in [0.05, 0.1) is 5.92 Å². The predicted octanol–water partition coefficient (Wildman–Crippen LogP) is 3.91. The van der Waals surface area contributed by atoms with Gasteiger partial charge in [-0.15, -0.1) is 0 Å². The minimum absolute atomic E-state index is 0.287. The monoisotopic (exact) mass is 266 g/mol. The van der Waals surface area contributed by atoms with Crippen molar-refractivity contribution in [3.05, 3.63) is 59.2 Å². The molecule has 2 aromatic carbocycles. The molecule has 0 saturated heterocycles. The molecule has 1 aliphatic rings. The zero-order chi connectivity index (χ0) is 14.1. The van der Waals surface area contributed by atoms with Crippen molar-refractivity contribution in [1.29, 1.82) is 0 Å². The fourth-order valence-electron chi connectivity index (χ4n) is 3.09. The first-order valence-corrected chi connectivity index (χ1v) is 7.12. The topological polar surface area (TPSA) is 37.3 Å². The molecule has 0 aromatic heterocycles. The number of carbonyl (C=O) groups is 1. The van der Waals surface area contributed by atoms with Gasteiger partial charge in [0.15, 0.2) is 0 Å². The first-order valence-electron chi connectivity index (χ1n) is 7.12. The number of fused-ring (bicyclic) bond motifs is 3. The lowest BCUT2D eigenvalue weighted by Crippen LogP contribution is -2.16. The van der Waals surface area contributed by atoms with E-state index in [4.69, 9.17) is 0 Å². The fraction of sp³-hybridized carbons (Fsp3) is 0.278. The standard InChI is InChI=1S/C18H18O2/c1-2-12(18(19)20)10-13-7-5-9-16-15-8-4-3-6-14(15)11-17(13)16/h3-9,12H,2,10-11H2,1H3,(H,19,20). The number of carboxylic acid groups (broad SMARTS) is 1. The van der Waals surface area contributed by atoms with Gasteiger partial charge >= 0.3 is 5.97 Å². The Labute approximate surface area is 119 Å². The smallest absolute Gasteiger partial charge is 0.306 e. The Balaban J connectivity index is 1.99. The molecule has 1 atom stereocenters. The summed E-state index contributed by atoms with van der Waals surface area (Å²) in [7, 11) is 0. The molecule has 0 fully saturated rings. The molecular formula is C18H18O2. The highest BCUT2D eigenvalue weighted by atomic mass is 16.4. The molecule has 0 amide bonds. The average molecular weight is 266 g/mol. The van der Waals surface area contributed by atoms with E-state index in [1.54, 1.807) is 0 Å². The van der Waals surface area contributed by atoms with Crippen molar-refractivity contribution in [1.82, 2.24) is 0 Å². The SMILES string of the molecule is CCC(Cc1cccc2c1Cc1ccccc1-2)C(=O)O. The van der Waals surface area contributed by atoms with Gasteiger partial charge in [-0.1, -0.05) is 49.4 Å². The predicted molar refractivity (Wildman–Crippen MR) is 79.8 cm³/mol. The van der Waals surface area contributed by atoms with Crippen molar-refractivity contribution in [2.75, 3.05) is 0 Å². The quantitative estimate of drug-likeness (QED) is 0.777. The molecule has 20 heavy (non-hydrogen) atoms.